The SMILES string of the molecule is COc1cccc(CC(=O)N(C)CCCN2C(=O)NC(C)=C(C(=O)OC(C)C)C2c2cccc([N+](=O)[O-])c2)c1. The molecule has 0 fully saturated rings. The van der Waals surface area contributed by atoms with Crippen LogP contribution in [-0.4, -0.2) is 66.0 Å². The van der Waals surface area contributed by atoms with Crippen LogP contribution < -0.4 is 10.1 Å². The molecule has 2 aromatic carbocycles. The lowest BCUT2D eigenvalue weighted by Crippen LogP contribution is -2.49. The Balaban J connectivity index is 1.81. The van der Waals surface area contributed by atoms with Crippen molar-refractivity contribution in [3.05, 3.63) is 81.0 Å². The third-order valence-corrected chi connectivity index (χ3v) is 6.31. The maximum atomic E-state index is 13.1. The number of amides is 3. The number of ether oxygens (including phenoxy) is 2. The Morgan fingerprint density at radius 2 is 1.90 bits per heavy atom. The summed E-state index contributed by atoms with van der Waals surface area (Å²) in [5.74, 6) is -0.0467. The number of nitro groups is 1. The number of carbonyl (C=O) groups excluding carboxylic acids is 3. The van der Waals surface area contributed by atoms with Gasteiger partial charge < -0.3 is 24.6 Å². The average molecular weight is 539 g/mol. The molecule has 11 heteroatoms. The lowest BCUT2D eigenvalue weighted by molar-refractivity contribution is -0.384. The topological polar surface area (TPSA) is 131 Å². The van der Waals surface area contributed by atoms with Crippen LogP contribution in [0.1, 0.15) is 44.4 Å². The van der Waals surface area contributed by atoms with Crippen molar-refractivity contribution in [2.45, 2.75) is 45.8 Å². The molecule has 0 radical (unpaired) electrons. The highest BCUT2D eigenvalue weighted by Gasteiger charge is 2.39. The number of non-ortho nitro benzene ring substituents is 1. The van der Waals surface area contributed by atoms with Crippen LogP contribution in [0.15, 0.2) is 59.8 Å². The Morgan fingerprint density at radius 3 is 2.56 bits per heavy atom. The Kier molecular flexibility index (Phi) is 9.64. The molecule has 0 saturated heterocycles. The minimum Gasteiger partial charge on any atom is -0.497 e. The molecule has 2 aromatic rings. The fourth-order valence-corrected chi connectivity index (χ4v) is 4.40. The van der Waals surface area contributed by atoms with Crippen LogP contribution in [0.5, 0.6) is 5.75 Å². The summed E-state index contributed by atoms with van der Waals surface area (Å²) in [7, 11) is 3.25. The van der Waals surface area contributed by atoms with E-state index in [1.54, 1.807) is 58.0 Å². The second-order valence-electron chi connectivity index (χ2n) is 9.57. The third kappa shape index (κ3) is 7.34. The number of likely N-dealkylation sites (N-methyl/N-ethyl adjacent to an activating group) is 1. The summed E-state index contributed by atoms with van der Waals surface area (Å²) in [5, 5.41) is 14.2. The summed E-state index contributed by atoms with van der Waals surface area (Å²) in [6.45, 7) is 5.56. The molecule has 0 aromatic heterocycles. The highest BCUT2D eigenvalue weighted by Crippen LogP contribution is 2.36. The number of hydrogen-bond acceptors (Lipinski definition) is 7. The molecule has 1 N–H and O–H groups in total. The number of esters is 1. The molecular weight excluding hydrogens is 504 g/mol. The lowest BCUT2D eigenvalue weighted by atomic mass is 9.93. The van der Waals surface area contributed by atoms with Crippen molar-refractivity contribution in [1.29, 1.82) is 0 Å². The first-order chi connectivity index (χ1) is 18.5. The van der Waals surface area contributed by atoms with Gasteiger partial charge in [-0.1, -0.05) is 24.3 Å². The summed E-state index contributed by atoms with van der Waals surface area (Å²) in [5.41, 5.74) is 1.60. The van der Waals surface area contributed by atoms with Gasteiger partial charge in [-0.25, -0.2) is 9.59 Å². The first kappa shape index (κ1) is 29.2. The van der Waals surface area contributed by atoms with Crippen molar-refractivity contribution < 1.29 is 28.8 Å². The van der Waals surface area contributed by atoms with E-state index in [-0.39, 0.29) is 30.1 Å². The van der Waals surface area contributed by atoms with Gasteiger partial charge in [0.2, 0.25) is 5.91 Å². The third-order valence-electron chi connectivity index (χ3n) is 6.31. The zero-order valence-corrected chi connectivity index (χ0v) is 22.8. The van der Waals surface area contributed by atoms with Gasteiger partial charge in [0.25, 0.3) is 5.69 Å². The quantitative estimate of drug-likeness (QED) is 0.260. The number of nitrogens with zero attached hydrogens (tertiary/aromatic N) is 3. The lowest BCUT2D eigenvalue weighted by Gasteiger charge is -2.38. The molecule has 0 saturated carbocycles. The molecule has 0 spiro atoms. The summed E-state index contributed by atoms with van der Waals surface area (Å²) >= 11 is 0. The summed E-state index contributed by atoms with van der Waals surface area (Å²) in [6.07, 6.45) is 0.199. The van der Waals surface area contributed by atoms with Gasteiger partial charge in [0.1, 0.15) is 5.75 Å². The van der Waals surface area contributed by atoms with Crippen LogP contribution in [0, 0.1) is 10.1 Å². The second kappa shape index (κ2) is 12.9. The van der Waals surface area contributed by atoms with Crippen molar-refractivity contribution in [1.82, 2.24) is 15.1 Å². The molecule has 11 nitrogen and oxygen atoms in total. The first-order valence-electron chi connectivity index (χ1n) is 12.6. The van der Waals surface area contributed by atoms with Crippen molar-refractivity contribution in [2.24, 2.45) is 0 Å². The number of nitro benzene ring substituents is 1. The maximum Gasteiger partial charge on any atom is 0.338 e. The minimum absolute atomic E-state index is 0.0986. The van der Waals surface area contributed by atoms with Crippen LogP contribution in [0.3, 0.4) is 0 Å². The zero-order chi connectivity index (χ0) is 28.7. The van der Waals surface area contributed by atoms with Crippen LogP contribution in [0.25, 0.3) is 0 Å². The maximum absolute atomic E-state index is 13.1. The molecule has 1 aliphatic heterocycles. The molecule has 39 heavy (non-hydrogen) atoms. The molecule has 208 valence electrons. The van der Waals surface area contributed by atoms with Crippen LogP contribution in [0.4, 0.5) is 10.5 Å². The summed E-state index contributed by atoms with van der Waals surface area (Å²) < 4.78 is 10.7. The smallest absolute Gasteiger partial charge is 0.338 e. The van der Waals surface area contributed by atoms with Crippen LogP contribution >= 0.6 is 0 Å². The standard InChI is InChI=1S/C28H34N4O7/c1-18(2)39-27(34)25-19(3)29-28(35)31(26(25)21-10-7-11-22(17-21)32(36)37)14-8-13-30(4)24(33)16-20-9-6-12-23(15-20)38-5/h6-7,9-12,15,17-18,26H,8,13-14,16H2,1-5H3,(H,29,35). The Morgan fingerprint density at radius 1 is 1.18 bits per heavy atom. The highest BCUT2D eigenvalue weighted by molar-refractivity contribution is 5.95. The molecule has 1 aliphatic rings. The average Bonchev–Trinajstić information content (AvgIpc) is 2.89. The van der Waals surface area contributed by atoms with E-state index in [9.17, 15) is 24.5 Å². The van der Waals surface area contributed by atoms with Gasteiger partial charge in [-0.15, -0.1) is 0 Å². The highest BCUT2D eigenvalue weighted by atomic mass is 16.6. The number of carbonyl (C=O) groups is 3. The van der Waals surface area contributed by atoms with E-state index in [0.717, 1.165) is 5.56 Å². The van der Waals surface area contributed by atoms with E-state index in [4.69, 9.17) is 9.47 Å². The van der Waals surface area contributed by atoms with E-state index in [0.29, 0.717) is 30.0 Å². The van der Waals surface area contributed by atoms with Gasteiger partial charge in [0.15, 0.2) is 0 Å². The number of hydrogen-bond donors (Lipinski definition) is 1. The molecule has 1 atom stereocenters. The van der Waals surface area contributed by atoms with Gasteiger partial charge in [0, 0.05) is 38.0 Å². The second-order valence-corrected chi connectivity index (χ2v) is 9.57. The molecule has 0 bridgehead atoms. The van der Waals surface area contributed by atoms with E-state index in [2.05, 4.69) is 5.32 Å². The number of urea groups is 1. The minimum atomic E-state index is -0.900. The Hall–Kier alpha value is -4.41. The molecule has 1 unspecified atom stereocenters. The number of methoxy groups -OCH3 is 1. The molecule has 3 amide bonds. The van der Waals surface area contributed by atoms with Crippen molar-refractivity contribution >= 4 is 23.6 Å². The largest absolute Gasteiger partial charge is 0.497 e. The molecule has 1 heterocycles. The molecule has 0 aliphatic carbocycles. The Labute approximate surface area is 227 Å². The van der Waals surface area contributed by atoms with E-state index in [1.165, 1.54) is 23.1 Å². The molecular formula is C28H34N4O7. The van der Waals surface area contributed by atoms with E-state index < -0.39 is 29.1 Å². The van der Waals surface area contributed by atoms with E-state index >= 15 is 0 Å². The van der Waals surface area contributed by atoms with Gasteiger partial charge >= 0.3 is 12.0 Å². The van der Waals surface area contributed by atoms with E-state index in [1.807, 2.05) is 12.1 Å². The first-order valence-corrected chi connectivity index (χ1v) is 12.6. The molecule has 3 rings (SSSR count). The Bertz CT molecular complexity index is 1270. The van der Waals surface area contributed by atoms with Crippen LogP contribution in [0.2, 0.25) is 0 Å². The van der Waals surface area contributed by atoms with Crippen LogP contribution in [-0.2, 0) is 20.7 Å². The summed E-state index contributed by atoms with van der Waals surface area (Å²) in [4.78, 5) is 53.0. The number of benzene rings is 2. The fraction of sp³-hybridized carbons (Fsp3) is 0.393. The van der Waals surface area contributed by atoms with Gasteiger partial charge in [-0.05, 0) is 50.5 Å². The monoisotopic (exact) mass is 538 g/mol. The van der Waals surface area contributed by atoms with Gasteiger partial charge in [-0.3, -0.25) is 14.9 Å². The summed E-state index contributed by atoms with van der Waals surface area (Å²) in [6, 6.07) is 11.8. The predicted octanol–water partition coefficient (Wildman–Crippen LogP) is 3.99. The zero-order valence-electron chi connectivity index (χ0n) is 22.8. The van der Waals surface area contributed by atoms with Gasteiger partial charge in [-0.2, -0.15) is 0 Å². The van der Waals surface area contributed by atoms with Crippen molar-refractivity contribution in [2.75, 3.05) is 27.2 Å². The normalized spacial score (nSPS) is 15.2. The predicted molar refractivity (Wildman–Crippen MR) is 144 cm³/mol. The number of nitrogens with one attached hydrogen (secondary N) is 1. The van der Waals surface area contributed by atoms with Crippen molar-refractivity contribution in [3.63, 3.8) is 0 Å². The van der Waals surface area contributed by atoms with Gasteiger partial charge in [0.05, 0.1) is 36.2 Å². The number of allylic oxidation sites excluding steroid dienone is 1. The van der Waals surface area contributed by atoms with Crippen molar-refractivity contribution in [3.8, 4) is 5.75 Å². The fourth-order valence-electron chi connectivity index (χ4n) is 4.40. The number of rotatable bonds is 11.